The molecule has 0 aliphatic carbocycles. The number of ether oxygens (including phenoxy) is 4. The molecule has 1 fully saturated rings. The highest BCUT2D eigenvalue weighted by molar-refractivity contribution is 5.95. The highest BCUT2D eigenvalue weighted by atomic mass is 16.5. The lowest BCUT2D eigenvalue weighted by molar-refractivity contribution is -0.134. The molecule has 0 unspecified atom stereocenters. The van der Waals surface area contributed by atoms with Crippen LogP contribution in [0.15, 0.2) is 36.5 Å². The van der Waals surface area contributed by atoms with E-state index in [2.05, 4.69) is 9.88 Å². The summed E-state index contributed by atoms with van der Waals surface area (Å²) in [5.74, 6) is 1.03. The van der Waals surface area contributed by atoms with Crippen LogP contribution in [0.25, 0.3) is 0 Å². The number of anilines is 1. The van der Waals surface area contributed by atoms with Crippen molar-refractivity contribution in [3.63, 3.8) is 0 Å². The van der Waals surface area contributed by atoms with E-state index in [0.717, 1.165) is 5.82 Å². The number of pyridine rings is 1. The van der Waals surface area contributed by atoms with Gasteiger partial charge in [0.2, 0.25) is 0 Å². The number of hydrogen-bond acceptors (Lipinski definition) is 8. The van der Waals surface area contributed by atoms with Crippen molar-refractivity contribution in [3.05, 3.63) is 42.1 Å². The van der Waals surface area contributed by atoms with E-state index in [1.165, 1.54) is 33.5 Å². The van der Waals surface area contributed by atoms with Crippen LogP contribution in [-0.2, 0) is 9.53 Å². The Kier molecular flexibility index (Phi) is 6.95. The van der Waals surface area contributed by atoms with Crippen molar-refractivity contribution in [2.75, 3.05) is 59.0 Å². The lowest BCUT2D eigenvalue weighted by atomic mass is 10.1. The number of hydrogen-bond donors (Lipinski definition) is 0. The normalized spacial score (nSPS) is 13.6. The van der Waals surface area contributed by atoms with Gasteiger partial charge in [-0.3, -0.25) is 4.79 Å². The topological polar surface area (TPSA) is 90.4 Å². The second-order valence-corrected chi connectivity index (χ2v) is 6.54. The summed E-state index contributed by atoms with van der Waals surface area (Å²) in [5, 5.41) is 0. The van der Waals surface area contributed by atoms with Crippen molar-refractivity contribution in [1.29, 1.82) is 0 Å². The highest BCUT2D eigenvalue weighted by Gasteiger charge is 2.24. The van der Waals surface area contributed by atoms with Gasteiger partial charge in [-0.15, -0.1) is 0 Å². The Hall–Kier alpha value is -3.49. The first kappa shape index (κ1) is 21.2. The number of methoxy groups -OCH3 is 3. The molecule has 1 amide bonds. The van der Waals surface area contributed by atoms with E-state index in [9.17, 15) is 9.59 Å². The molecule has 0 radical (unpaired) electrons. The molecule has 1 aromatic carbocycles. The number of piperazine rings is 1. The third-order valence-corrected chi connectivity index (χ3v) is 4.86. The van der Waals surface area contributed by atoms with Crippen LogP contribution in [-0.4, -0.2) is 75.9 Å². The Morgan fingerprint density at radius 1 is 0.933 bits per heavy atom. The zero-order valence-electron chi connectivity index (χ0n) is 17.3. The Morgan fingerprint density at radius 2 is 1.60 bits per heavy atom. The zero-order chi connectivity index (χ0) is 21.5. The zero-order valence-corrected chi connectivity index (χ0v) is 17.3. The number of amides is 1. The molecule has 0 spiro atoms. The molecule has 1 aromatic heterocycles. The van der Waals surface area contributed by atoms with Gasteiger partial charge in [0.15, 0.2) is 18.1 Å². The van der Waals surface area contributed by atoms with Crippen molar-refractivity contribution in [3.8, 4) is 17.2 Å². The summed E-state index contributed by atoms with van der Waals surface area (Å²) in [6.07, 6.45) is 1.74. The fourth-order valence-corrected chi connectivity index (χ4v) is 3.21. The van der Waals surface area contributed by atoms with Gasteiger partial charge in [-0.1, -0.05) is 6.07 Å². The number of rotatable bonds is 7. The maximum atomic E-state index is 12.5. The van der Waals surface area contributed by atoms with Crippen LogP contribution in [0, 0.1) is 0 Å². The molecule has 30 heavy (non-hydrogen) atoms. The first-order valence-electron chi connectivity index (χ1n) is 9.48. The molecule has 9 heteroatoms. The first-order chi connectivity index (χ1) is 14.6. The monoisotopic (exact) mass is 415 g/mol. The van der Waals surface area contributed by atoms with Gasteiger partial charge in [0.1, 0.15) is 17.1 Å². The van der Waals surface area contributed by atoms with Crippen molar-refractivity contribution >= 4 is 17.7 Å². The lowest BCUT2D eigenvalue weighted by Gasteiger charge is -2.35. The summed E-state index contributed by atoms with van der Waals surface area (Å²) in [7, 11) is 4.39. The summed E-state index contributed by atoms with van der Waals surface area (Å²) in [5.41, 5.74) is 0.155. The summed E-state index contributed by atoms with van der Waals surface area (Å²) in [6.45, 7) is 2.06. The third kappa shape index (κ3) is 4.73. The molecule has 2 heterocycles. The van der Waals surface area contributed by atoms with Gasteiger partial charge >= 0.3 is 5.97 Å². The van der Waals surface area contributed by atoms with Crippen LogP contribution in [0.2, 0.25) is 0 Å². The van der Waals surface area contributed by atoms with Crippen LogP contribution in [0.1, 0.15) is 10.4 Å². The van der Waals surface area contributed by atoms with E-state index in [1.54, 1.807) is 11.1 Å². The van der Waals surface area contributed by atoms with Gasteiger partial charge in [-0.2, -0.15) is 0 Å². The molecular formula is C21H25N3O6. The van der Waals surface area contributed by atoms with Gasteiger partial charge in [-0.25, -0.2) is 9.78 Å². The SMILES string of the molecule is COc1cc(OC)c(C(=O)OCC(=O)N2CCN(c3ccccn3)CC2)cc1OC. The first-order valence-corrected chi connectivity index (χ1v) is 9.48. The second-order valence-electron chi connectivity index (χ2n) is 6.54. The Labute approximate surface area is 175 Å². The Bertz CT molecular complexity index is 882. The molecule has 0 atom stereocenters. The van der Waals surface area contributed by atoms with Crippen LogP contribution in [0.4, 0.5) is 5.82 Å². The smallest absolute Gasteiger partial charge is 0.342 e. The van der Waals surface area contributed by atoms with Crippen LogP contribution in [0.3, 0.4) is 0 Å². The molecule has 3 rings (SSSR count). The standard InChI is InChI=1S/C21H25N3O6/c1-27-16-13-18(29-3)17(28-2)12-15(16)21(26)30-14-20(25)24-10-8-23(9-11-24)19-6-4-5-7-22-19/h4-7,12-13H,8-11,14H2,1-3H3. The summed E-state index contributed by atoms with van der Waals surface area (Å²) in [4.78, 5) is 33.1. The molecule has 1 aliphatic rings. The predicted octanol–water partition coefficient (Wildman–Crippen LogP) is 1.61. The van der Waals surface area contributed by atoms with Crippen molar-refractivity contribution in [2.45, 2.75) is 0 Å². The van der Waals surface area contributed by atoms with E-state index >= 15 is 0 Å². The van der Waals surface area contributed by atoms with E-state index in [1.807, 2.05) is 18.2 Å². The molecule has 2 aromatic rings. The highest BCUT2D eigenvalue weighted by Crippen LogP contribution is 2.34. The minimum atomic E-state index is -0.673. The molecule has 9 nitrogen and oxygen atoms in total. The number of carbonyl (C=O) groups is 2. The number of nitrogens with zero attached hydrogens (tertiary/aromatic N) is 3. The van der Waals surface area contributed by atoms with E-state index in [0.29, 0.717) is 37.7 Å². The fraction of sp³-hybridized carbons (Fsp3) is 0.381. The third-order valence-electron chi connectivity index (χ3n) is 4.86. The Balaban J connectivity index is 1.57. The van der Waals surface area contributed by atoms with Crippen molar-refractivity contribution in [2.24, 2.45) is 0 Å². The fourth-order valence-electron chi connectivity index (χ4n) is 3.21. The number of benzene rings is 1. The van der Waals surface area contributed by atoms with Crippen LogP contribution >= 0.6 is 0 Å². The van der Waals surface area contributed by atoms with Crippen LogP contribution in [0.5, 0.6) is 17.2 Å². The average Bonchev–Trinajstić information content (AvgIpc) is 2.81. The van der Waals surface area contributed by atoms with Crippen molar-refractivity contribution in [1.82, 2.24) is 9.88 Å². The number of carbonyl (C=O) groups excluding carboxylic acids is 2. The van der Waals surface area contributed by atoms with E-state index in [-0.39, 0.29) is 23.8 Å². The molecular weight excluding hydrogens is 390 g/mol. The predicted molar refractivity (Wildman–Crippen MR) is 109 cm³/mol. The van der Waals surface area contributed by atoms with Gasteiger partial charge in [0, 0.05) is 44.5 Å². The summed E-state index contributed by atoms with van der Waals surface area (Å²) < 4.78 is 20.9. The van der Waals surface area contributed by atoms with Crippen LogP contribution < -0.4 is 19.1 Å². The van der Waals surface area contributed by atoms with Gasteiger partial charge in [0.25, 0.3) is 5.91 Å². The molecule has 0 N–H and O–H groups in total. The molecule has 0 bridgehead atoms. The molecule has 0 saturated carbocycles. The second kappa shape index (κ2) is 9.82. The van der Waals surface area contributed by atoms with Gasteiger partial charge in [0.05, 0.1) is 21.3 Å². The Morgan fingerprint density at radius 3 is 2.20 bits per heavy atom. The molecule has 1 aliphatic heterocycles. The maximum absolute atomic E-state index is 12.5. The minimum absolute atomic E-state index is 0.155. The minimum Gasteiger partial charge on any atom is -0.496 e. The van der Waals surface area contributed by atoms with E-state index < -0.39 is 5.97 Å². The average molecular weight is 415 g/mol. The molecule has 1 saturated heterocycles. The maximum Gasteiger partial charge on any atom is 0.342 e. The molecule has 160 valence electrons. The van der Waals surface area contributed by atoms with Gasteiger partial charge in [-0.05, 0) is 12.1 Å². The number of esters is 1. The summed E-state index contributed by atoms with van der Waals surface area (Å²) in [6, 6.07) is 8.74. The summed E-state index contributed by atoms with van der Waals surface area (Å²) >= 11 is 0. The van der Waals surface area contributed by atoms with Gasteiger partial charge < -0.3 is 28.7 Å². The number of aromatic nitrogens is 1. The largest absolute Gasteiger partial charge is 0.496 e. The lowest BCUT2D eigenvalue weighted by Crippen LogP contribution is -2.50. The quantitative estimate of drug-likeness (QED) is 0.630. The van der Waals surface area contributed by atoms with Crippen molar-refractivity contribution < 1.29 is 28.5 Å². The van der Waals surface area contributed by atoms with E-state index in [4.69, 9.17) is 18.9 Å².